The highest BCUT2D eigenvalue weighted by molar-refractivity contribution is 7.11. The number of aldehydes is 1. The third kappa shape index (κ3) is 2.39. The van der Waals surface area contributed by atoms with Crippen LogP contribution in [0.1, 0.15) is 20.2 Å². The van der Waals surface area contributed by atoms with Gasteiger partial charge in [-0.1, -0.05) is 0 Å². The standard InChI is InChI=1S/C13H11NO4S/c1-8-14-4-10(19-8)6-16-11-3-13-12(17-7-18-13)2-9(11)5-15/h2-5H,6-7H2,1H3. The summed E-state index contributed by atoms with van der Waals surface area (Å²) in [7, 11) is 0. The molecule has 0 N–H and O–H groups in total. The summed E-state index contributed by atoms with van der Waals surface area (Å²) in [5.74, 6) is 1.66. The van der Waals surface area contributed by atoms with Crippen LogP contribution in [-0.4, -0.2) is 18.1 Å². The quantitative estimate of drug-likeness (QED) is 0.804. The Kier molecular flexibility index (Phi) is 3.08. The fourth-order valence-electron chi connectivity index (χ4n) is 1.78. The first kappa shape index (κ1) is 12.0. The molecule has 1 aromatic carbocycles. The number of carbonyl (C=O) groups is 1. The molecule has 0 saturated heterocycles. The number of benzene rings is 1. The molecule has 0 unspecified atom stereocenters. The number of hydrogen-bond donors (Lipinski definition) is 0. The molecule has 19 heavy (non-hydrogen) atoms. The summed E-state index contributed by atoms with van der Waals surface area (Å²) in [6.45, 7) is 2.49. The molecule has 6 heteroatoms. The van der Waals surface area contributed by atoms with E-state index in [1.807, 2.05) is 6.92 Å². The van der Waals surface area contributed by atoms with E-state index in [1.165, 1.54) is 0 Å². The van der Waals surface area contributed by atoms with Crippen LogP contribution < -0.4 is 14.2 Å². The fraction of sp³-hybridized carbons (Fsp3) is 0.231. The molecule has 98 valence electrons. The van der Waals surface area contributed by atoms with Crippen LogP contribution in [-0.2, 0) is 6.61 Å². The van der Waals surface area contributed by atoms with Gasteiger partial charge in [0.2, 0.25) is 6.79 Å². The van der Waals surface area contributed by atoms with E-state index in [2.05, 4.69) is 4.98 Å². The van der Waals surface area contributed by atoms with Crippen LogP contribution in [0.4, 0.5) is 0 Å². The molecular weight excluding hydrogens is 266 g/mol. The Hall–Kier alpha value is -2.08. The predicted molar refractivity (Wildman–Crippen MR) is 69.1 cm³/mol. The van der Waals surface area contributed by atoms with Crippen molar-refractivity contribution < 1.29 is 19.0 Å². The van der Waals surface area contributed by atoms with E-state index >= 15 is 0 Å². The van der Waals surface area contributed by atoms with Crippen molar-refractivity contribution >= 4 is 17.6 Å². The molecule has 0 atom stereocenters. The number of carbonyl (C=O) groups excluding carboxylic acids is 1. The van der Waals surface area contributed by atoms with Crippen molar-refractivity contribution in [2.75, 3.05) is 6.79 Å². The lowest BCUT2D eigenvalue weighted by molar-refractivity contribution is 0.111. The fourth-order valence-corrected chi connectivity index (χ4v) is 2.49. The molecule has 0 spiro atoms. The summed E-state index contributed by atoms with van der Waals surface area (Å²) in [5.41, 5.74) is 0.450. The zero-order valence-corrected chi connectivity index (χ0v) is 11.0. The zero-order chi connectivity index (χ0) is 13.2. The van der Waals surface area contributed by atoms with Gasteiger partial charge >= 0.3 is 0 Å². The van der Waals surface area contributed by atoms with Gasteiger partial charge in [-0.25, -0.2) is 4.98 Å². The summed E-state index contributed by atoms with van der Waals surface area (Å²) >= 11 is 1.57. The molecule has 0 radical (unpaired) electrons. The summed E-state index contributed by atoms with van der Waals surface area (Å²) < 4.78 is 16.1. The monoisotopic (exact) mass is 277 g/mol. The van der Waals surface area contributed by atoms with Crippen molar-refractivity contribution in [2.45, 2.75) is 13.5 Å². The SMILES string of the molecule is Cc1ncc(COc2cc3c(cc2C=O)OCO3)s1. The van der Waals surface area contributed by atoms with E-state index in [-0.39, 0.29) is 6.79 Å². The van der Waals surface area contributed by atoms with Gasteiger partial charge in [0.25, 0.3) is 0 Å². The number of fused-ring (bicyclic) bond motifs is 1. The van der Waals surface area contributed by atoms with Crippen molar-refractivity contribution in [2.24, 2.45) is 0 Å². The molecule has 2 aromatic rings. The first-order valence-corrected chi connectivity index (χ1v) is 6.51. The Bertz CT molecular complexity index is 623. The minimum Gasteiger partial charge on any atom is -0.487 e. The van der Waals surface area contributed by atoms with Gasteiger partial charge in [0.1, 0.15) is 12.4 Å². The summed E-state index contributed by atoms with van der Waals surface area (Å²) in [6.07, 6.45) is 2.52. The molecule has 0 bridgehead atoms. The molecule has 3 rings (SSSR count). The van der Waals surface area contributed by atoms with Crippen LogP contribution >= 0.6 is 11.3 Å². The van der Waals surface area contributed by atoms with Gasteiger partial charge in [-0.3, -0.25) is 4.79 Å². The van der Waals surface area contributed by atoms with Crippen molar-refractivity contribution in [1.82, 2.24) is 4.98 Å². The highest BCUT2D eigenvalue weighted by atomic mass is 32.1. The number of hydrogen-bond acceptors (Lipinski definition) is 6. The average Bonchev–Trinajstić information content (AvgIpc) is 3.03. The Morgan fingerprint density at radius 1 is 1.42 bits per heavy atom. The van der Waals surface area contributed by atoms with Gasteiger partial charge in [-0.05, 0) is 13.0 Å². The van der Waals surface area contributed by atoms with Crippen molar-refractivity contribution in [3.63, 3.8) is 0 Å². The first-order chi connectivity index (χ1) is 9.26. The normalized spacial score (nSPS) is 12.5. The van der Waals surface area contributed by atoms with Gasteiger partial charge in [0, 0.05) is 12.3 Å². The van der Waals surface area contributed by atoms with Gasteiger partial charge in [0.05, 0.1) is 15.4 Å². The second kappa shape index (κ2) is 4.89. The van der Waals surface area contributed by atoms with Gasteiger partial charge < -0.3 is 14.2 Å². The van der Waals surface area contributed by atoms with Crippen LogP contribution in [0.2, 0.25) is 0 Å². The van der Waals surface area contributed by atoms with Crippen molar-refractivity contribution in [3.8, 4) is 17.2 Å². The molecule has 2 heterocycles. The molecule has 1 aliphatic heterocycles. The minimum atomic E-state index is 0.172. The van der Waals surface area contributed by atoms with Crippen LogP contribution in [0.15, 0.2) is 18.3 Å². The third-order valence-corrected chi connectivity index (χ3v) is 3.56. The Morgan fingerprint density at radius 3 is 2.89 bits per heavy atom. The maximum absolute atomic E-state index is 11.1. The predicted octanol–water partition coefficient (Wildman–Crippen LogP) is 2.57. The van der Waals surface area contributed by atoms with Crippen LogP contribution in [0.25, 0.3) is 0 Å². The first-order valence-electron chi connectivity index (χ1n) is 5.69. The van der Waals surface area contributed by atoms with Crippen molar-refractivity contribution in [1.29, 1.82) is 0 Å². The second-order valence-electron chi connectivity index (χ2n) is 4.00. The maximum Gasteiger partial charge on any atom is 0.231 e. The lowest BCUT2D eigenvalue weighted by Crippen LogP contribution is -1.96. The van der Waals surface area contributed by atoms with E-state index in [4.69, 9.17) is 14.2 Å². The Labute approximate surface area is 113 Å². The van der Waals surface area contributed by atoms with E-state index in [0.29, 0.717) is 29.4 Å². The zero-order valence-electron chi connectivity index (χ0n) is 10.2. The molecule has 0 fully saturated rings. The molecule has 0 amide bonds. The average molecular weight is 277 g/mol. The van der Waals surface area contributed by atoms with Crippen LogP contribution in [0.3, 0.4) is 0 Å². The molecular formula is C13H11NO4S. The third-order valence-electron chi connectivity index (χ3n) is 2.67. The van der Waals surface area contributed by atoms with E-state index in [1.54, 1.807) is 29.7 Å². The highest BCUT2D eigenvalue weighted by Gasteiger charge is 2.18. The summed E-state index contributed by atoms with van der Waals surface area (Å²) in [4.78, 5) is 16.2. The number of nitrogens with zero attached hydrogens (tertiary/aromatic N) is 1. The van der Waals surface area contributed by atoms with Gasteiger partial charge in [-0.15, -0.1) is 11.3 Å². The highest BCUT2D eigenvalue weighted by Crippen LogP contribution is 2.37. The Balaban J connectivity index is 1.81. The number of thiazole rings is 1. The molecule has 0 saturated carbocycles. The lowest BCUT2D eigenvalue weighted by Gasteiger charge is -2.08. The van der Waals surface area contributed by atoms with E-state index in [0.717, 1.165) is 16.2 Å². The smallest absolute Gasteiger partial charge is 0.231 e. The number of aromatic nitrogens is 1. The maximum atomic E-state index is 11.1. The number of rotatable bonds is 4. The van der Waals surface area contributed by atoms with Crippen LogP contribution in [0.5, 0.6) is 17.2 Å². The largest absolute Gasteiger partial charge is 0.487 e. The van der Waals surface area contributed by atoms with Crippen LogP contribution in [0, 0.1) is 6.92 Å². The molecule has 0 aliphatic carbocycles. The van der Waals surface area contributed by atoms with E-state index < -0.39 is 0 Å². The lowest BCUT2D eigenvalue weighted by atomic mass is 10.2. The molecule has 1 aliphatic rings. The topological polar surface area (TPSA) is 57.7 Å². The summed E-state index contributed by atoms with van der Waals surface area (Å²) in [6, 6.07) is 3.31. The Morgan fingerprint density at radius 2 is 2.21 bits per heavy atom. The summed E-state index contributed by atoms with van der Waals surface area (Å²) in [5, 5.41) is 0.986. The molecule has 1 aromatic heterocycles. The molecule has 5 nitrogen and oxygen atoms in total. The van der Waals surface area contributed by atoms with Gasteiger partial charge in [0.15, 0.2) is 17.8 Å². The van der Waals surface area contributed by atoms with Gasteiger partial charge in [-0.2, -0.15) is 0 Å². The number of aryl methyl sites for hydroxylation is 1. The second-order valence-corrected chi connectivity index (χ2v) is 5.31. The number of ether oxygens (including phenoxy) is 3. The van der Waals surface area contributed by atoms with Crippen molar-refractivity contribution in [3.05, 3.63) is 33.8 Å². The van der Waals surface area contributed by atoms with E-state index in [9.17, 15) is 4.79 Å². The minimum absolute atomic E-state index is 0.172.